The van der Waals surface area contributed by atoms with E-state index in [2.05, 4.69) is 24.1 Å². The average molecular weight is 280 g/mol. The highest BCUT2D eigenvalue weighted by atomic mass is 16.5. The number of esters is 1. The number of methoxy groups -OCH3 is 1. The topological polar surface area (TPSA) is 60.5 Å². The number of carbonyl (C=O) groups is 1. The number of carbonyl (C=O) groups excluding carboxylic acids is 1. The second-order valence-corrected chi connectivity index (χ2v) is 5.05. The smallest absolute Gasteiger partial charge is 0.328 e. The van der Waals surface area contributed by atoms with E-state index < -0.39 is 6.04 Å². The van der Waals surface area contributed by atoms with E-state index in [1.165, 1.54) is 7.11 Å². The van der Waals surface area contributed by atoms with E-state index in [0.29, 0.717) is 30.5 Å². The van der Waals surface area contributed by atoms with Crippen LogP contribution in [0.5, 0.6) is 5.75 Å². The second-order valence-electron chi connectivity index (χ2n) is 5.05. The first-order valence-electron chi connectivity index (χ1n) is 7.00. The first-order valence-corrected chi connectivity index (χ1v) is 7.00. The molecule has 1 N–H and O–H groups in total. The Morgan fingerprint density at radius 3 is 2.80 bits per heavy atom. The van der Waals surface area contributed by atoms with Gasteiger partial charge in [0.25, 0.3) is 0 Å². The summed E-state index contributed by atoms with van der Waals surface area (Å²) in [6.45, 7) is 6.78. The van der Waals surface area contributed by atoms with Crippen molar-refractivity contribution < 1.29 is 14.3 Å². The lowest BCUT2D eigenvalue weighted by Gasteiger charge is -2.20. The van der Waals surface area contributed by atoms with Crippen LogP contribution in [0.3, 0.4) is 0 Å². The van der Waals surface area contributed by atoms with Crippen LogP contribution in [0.4, 0.5) is 5.82 Å². The summed E-state index contributed by atoms with van der Waals surface area (Å²) in [5, 5.41) is 3.13. The van der Waals surface area contributed by atoms with E-state index in [1.807, 2.05) is 19.1 Å². The monoisotopic (exact) mass is 280 g/mol. The van der Waals surface area contributed by atoms with E-state index in [-0.39, 0.29) is 5.97 Å². The van der Waals surface area contributed by atoms with Crippen LogP contribution < -0.4 is 10.1 Å². The molecular formula is C15H24N2O3. The first-order chi connectivity index (χ1) is 9.58. The molecule has 0 fully saturated rings. The molecule has 1 atom stereocenters. The van der Waals surface area contributed by atoms with Crippen molar-refractivity contribution in [1.82, 2.24) is 4.98 Å². The van der Waals surface area contributed by atoms with Gasteiger partial charge in [0.2, 0.25) is 0 Å². The fourth-order valence-electron chi connectivity index (χ4n) is 1.82. The van der Waals surface area contributed by atoms with E-state index in [0.717, 1.165) is 6.42 Å². The van der Waals surface area contributed by atoms with Crippen molar-refractivity contribution in [2.24, 2.45) is 5.92 Å². The van der Waals surface area contributed by atoms with Crippen LogP contribution in [0, 0.1) is 5.92 Å². The molecule has 0 radical (unpaired) electrons. The maximum absolute atomic E-state index is 11.8. The van der Waals surface area contributed by atoms with Gasteiger partial charge in [-0.05, 0) is 30.9 Å². The van der Waals surface area contributed by atoms with Crippen LogP contribution in [0.2, 0.25) is 0 Å². The van der Waals surface area contributed by atoms with E-state index in [4.69, 9.17) is 9.47 Å². The highest BCUT2D eigenvalue weighted by molar-refractivity contribution is 5.79. The van der Waals surface area contributed by atoms with Crippen LogP contribution >= 0.6 is 0 Å². The zero-order valence-electron chi connectivity index (χ0n) is 12.7. The minimum absolute atomic E-state index is 0.286. The van der Waals surface area contributed by atoms with Gasteiger partial charge < -0.3 is 14.8 Å². The van der Waals surface area contributed by atoms with E-state index in [9.17, 15) is 4.79 Å². The summed E-state index contributed by atoms with van der Waals surface area (Å²) < 4.78 is 10.5. The van der Waals surface area contributed by atoms with Gasteiger partial charge in [0, 0.05) is 6.20 Å². The van der Waals surface area contributed by atoms with Crippen molar-refractivity contribution in [1.29, 1.82) is 0 Å². The number of pyridine rings is 1. The molecule has 5 heteroatoms. The third-order valence-corrected chi connectivity index (χ3v) is 2.74. The number of nitrogens with zero attached hydrogens (tertiary/aromatic N) is 1. The van der Waals surface area contributed by atoms with Crippen LogP contribution in [0.25, 0.3) is 0 Å². The molecule has 0 amide bonds. The normalized spacial score (nSPS) is 12.1. The van der Waals surface area contributed by atoms with Gasteiger partial charge >= 0.3 is 5.97 Å². The van der Waals surface area contributed by atoms with Gasteiger partial charge in [0.1, 0.15) is 6.04 Å². The van der Waals surface area contributed by atoms with Crippen LogP contribution in [0.1, 0.15) is 33.6 Å². The summed E-state index contributed by atoms with van der Waals surface area (Å²) in [4.78, 5) is 16.1. The molecule has 0 aliphatic heterocycles. The van der Waals surface area contributed by atoms with Gasteiger partial charge in [-0.15, -0.1) is 0 Å². The molecule has 0 saturated heterocycles. The summed E-state index contributed by atoms with van der Waals surface area (Å²) in [6.07, 6.45) is 3.27. The SMILES string of the molecule is CCCOc1cccnc1NC(CC(C)C)C(=O)OC. The molecule has 1 aromatic rings. The number of nitrogens with one attached hydrogen (secondary N) is 1. The molecule has 0 aromatic carbocycles. The van der Waals surface area contributed by atoms with Crippen molar-refractivity contribution in [2.45, 2.75) is 39.7 Å². The fraction of sp³-hybridized carbons (Fsp3) is 0.600. The Balaban J connectivity index is 2.84. The summed E-state index contributed by atoms with van der Waals surface area (Å²) >= 11 is 0. The molecular weight excluding hydrogens is 256 g/mol. The van der Waals surface area contributed by atoms with Crippen molar-refractivity contribution >= 4 is 11.8 Å². The number of hydrogen-bond acceptors (Lipinski definition) is 5. The Bertz CT molecular complexity index is 421. The first kappa shape index (κ1) is 16.3. The third kappa shape index (κ3) is 5.07. The predicted molar refractivity (Wildman–Crippen MR) is 78.9 cm³/mol. The lowest BCUT2D eigenvalue weighted by Crippen LogP contribution is -2.32. The summed E-state index contributed by atoms with van der Waals surface area (Å²) in [5.41, 5.74) is 0. The lowest BCUT2D eigenvalue weighted by molar-refractivity contribution is -0.141. The quantitative estimate of drug-likeness (QED) is 0.742. The maximum Gasteiger partial charge on any atom is 0.328 e. The highest BCUT2D eigenvalue weighted by Crippen LogP contribution is 2.23. The molecule has 1 rings (SSSR count). The molecule has 5 nitrogen and oxygen atoms in total. The Labute approximate surface area is 120 Å². The molecule has 0 saturated carbocycles. The summed E-state index contributed by atoms with van der Waals surface area (Å²) in [5.74, 6) is 1.32. The second kappa shape index (κ2) is 8.40. The number of aromatic nitrogens is 1. The van der Waals surface area contributed by atoms with E-state index in [1.54, 1.807) is 6.20 Å². The largest absolute Gasteiger partial charge is 0.490 e. The number of anilines is 1. The van der Waals surface area contributed by atoms with Crippen molar-refractivity contribution in [3.8, 4) is 5.75 Å². The molecule has 20 heavy (non-hydrogen) atoms. The molecule has 0 bridgehead atoms. The fourth-order valence-corrected chi connectivity index (χ4v) is 1.82. The zero-order chi connectivity index (χ0) is 15.0. The third-order valence-electron chi connectivity index (χ3n) is 2.74. The van der Waals surface area contributed by atoms with Crippen molar-refractivity contribution in [3.05, 3.63) is 18.3 Å². The molecule has 112 valence electrons. The van der Waals surface area contributed by atoms with E-state index >= 15 is 0 Å². The van der Waals surface area contributed by atoms with Gasteiger partial charge in [-0.2, -0.15) is 0 Å². The Morgan fingerprint density at radius 2 is 2.20 bits per heavy atom. The number of hydrogen-bond donors (Lipinski definition) is 1. The molecule has 0 spiro atoms. The summed E-state index contributed by atoms with van der Waals surface area (Å²) in [6, 6.07) is 3.24. The van der Waals surface area contributed by atoms with Crippen LogP contribution in [-0.2, 0) is 9.53 Å². The molecule has 0 aliphatic carbocycles. The highest BCUT2D eigenvalue weighted by Gasteiger charge is 2.22. The Morgan fingerprint density at radius 1 is 1.45 bits per heavy atom. The molecule has 0 aliphatic rings. The van der Waals surface area contributed by atoms with Crippen LogP contribution in [-0.4, -0.2) is 30.7 Å². The molecule has 1 unspecified atom stereocenters. The van der Waals surface area contributed by atoms with Gasteiger partial charge in [-0.25, -0.2) is 9.78 Å². The minimum atomic E-state index is -0.418. The predicted octanol–water partition coefficient (Wildman–Crippen LogP) is 2.87. The van der Waals surface area contributed by atoms with Gasteiger partial charge in [-0.3, -0.25) is 0 Å². The Kier molecular flexibility index (Phi) is 6.84. The molecule has 1 aromatic heterocycles. The summed E-state index contributed by atoms with van der Waals surface area (Å²) in [7, 11) is 1.39. The number of rotatable bonds is 8. The van der Waals surface area contributed by atoms with Gasteiger partial charge in [0.15, 0.2) is 11.6 Å². The average Bonchev–Trinajstić information content (AvgIpc) is 2.44. The number of ether oxygens (including phenoxy) is 2. The van der Waals surface area contributed by atoms with Gasteiger partial charge in [0.05, 0.1) is 13.7 Å². The van der Waals surface area contributed by atoms with Gasteiger partial charge in [-0.1, -0.05) is 20.8 Å². The van der Waals surface area contributed by atoms with Crippen molar-refractivity contribution in [2.75, 3.05) is 19.0 Å². The lowest BCUT2D eigenvalue weighted by atomic mass is 10.0. The van der Waals surface area contributed by atoms with Crippen LogP contribution in [0.15, 0.2) is 18.3 Å². The Hall–Kier alpha value is -1.78. The zero-order valence-corrected chi connectivity index (χ0v) is 12.7. The maximum atomic E-state index is 11.8. The standard InChI is InChI=1S/C15H24N2O3/c1-5-9-20-13-7-6-8-16-14(13)17-12(10-11(2)3)15(18)19-4/h6-8,11-12H,5,9-10H2,1-4H3,(H,16,17). The molecule has 1 heterocycles. The van der Waals surface area contributed by atoms with Crippen molar-refractivity contribution in [3.63, 3.8) is 0 Å². The minimum Gasteiger partial charge on any atom is -0.490 e.